The highest BCUT2D eigenvalue weighted by Crippen LogP contribution is 2.37. The Morgan fingerprint density at radius 1 is 0.828 bits per heavy atom. The number of aromatic nitrogens is 1. The van der Waals surface area contributed by atoms with Gasteiger partial charge in [0.2, 0.25) is 17.5 Å². The van der Waals surface area contributed by atoms with Gasteiger partial charge in [-0.2, -0.15) is 0 Å². The lowest BCUT2D eigenvalue weighted by atomic mass is 9.92. The smallest absolute Gasteiger partial charge is 0.256 e. The van der Waals surface area contributed by atoms with Crippen molar-refractivity contribution in [2.24, 2.45) is 5.92 Å². The number of benzene rings is 2. The molecule has 9 rings (SSSR count). The Morgan fingerprint density at radius 2 is 1.59 bits per heavy atom. The zero-order valence-electron chi connectivity index (χ0n) is 32.3. The summed E-state index contributed by atoms with van der Waals surface area (Å²) in [6.07, 6.45) is 5.70. The van der Waals surface area contributed by atoms with E-state index in [9.17, 15) is 19.2 Å². The summed E-state index contributed by atoms with van der Waals surface area (Å²) >= 11 is 6.20. The second-order valence-corrected chi connectivity index (χ2v) is 16.9. The molecule has 1 atom stereocenters. The molecule has 58 heavy (non-hydrogen) atoms. The molecule has 3 saturated heterocycles. The van der Waals surface area contributed by atoms with Crippen molar-refractivity contribution >= 4 is 52.4 Å². The van der Waals surface area contributed by atoms with Crippen LogP contribution in [0.3, 0.4) is 0 Å². The van der Waals surface area contributed by atoms with Gasteiger partial charge in [-0.25, -0.2) is 14.2 Å². The van der Waals surface area contributed by atoms with Crippen molar-refractivity contribution in [3.63, 3.8) is 0 Å². The summed E-state index contributed by atoms with van der Waals surface area (Å²) in [4.78, 5) is 69.6. The van der Waals surface area contributed by atoms with E-state index in [1.54, 1.807) is 24.3 Å². The standard InChI is InChI=1S/C43H46ClFN8O5/c1-46-35-8-6-30(21-33(35)44)58-29-4-2-28(3-5-29)52-25-36-31(42(52)56)7-10-39(47-36)51-18-16-49(17-19-51)23-26-12-14-50(15-13-26)38-22-32-27(20-34(38)45)24-53(43(32)57)37-9-11-40(54)48-41(37)55/h6-8,10,20-22,26,28-29,37H,2-5,9,11-19,23-25H2,(H,48,54,55). The first-order chi connectivity index (χ1) is 28.1. The molecule has 1 aromatic heterocycles. The van der Waals surface area contributed by atoms with Gasteiger partial charge in [0.1, 0.15) is 23.4 Å². The molecule has 6 aliphatic rings. The number of piperazine rings is 1. The fraction of sp³-hybridized carbons (Fsp3) is 0.488. The summed E-state index contributed by atoms with van der Waals surface area (Å²) in [7, 11) is 0. The van der Waals surface area contributed by atoms with E-state index in [2.05, 4.69) is 20.0 Å². The van der Waals surface area contributed by atoms with Crippen LogP contribution in [0.5, 0.6) is 5.75 Å². The van der Waals surface area contributed by atoms with E-state index in [0.29, 0.717) is 64.4 Å². The van der Waals surface area contributed by atoms with Gasteiger partial charge in [0.05, 0.1) is 41.2 Å². The highest BCUT2D eigenvalue weighted by molar-refractivity contribution is 6.33. The normalized spacial score (nSPS) is 24.2. The maximum absolute atomic E-state index is 15.5. The molecule has 6 heterocycles. The average molecular weight is 809 g/mol. The molecule has 15 heteroatoms. The van der Waals surface area contributed by atoms with Crippen molar-refractivity contribution in [3.05, 3.63) is 87.1 Å². The van der Waals surface area contributed by atoms with E-state index in [-0.39, 0.29) is 55.1 Å². The van der Waals surface area contributed by atoms with Gasteiger partial charge in [-0.05, 0) is 92.8 Å². The van der Waals surface area contributed by atoms with Crippen molar-refractivity contribution in [1.82, 2.24) is 25.0 Å². The molecule has 0 bridgehead atoms. The molecule has 5 aliphatic heterocycles. The van der Waals surface area contributed by atoms with Crippen LogP contribution in [0.2, 0.25) is 5.02 Å². The van der Waals surface area contributed by atoms with Gasteiger partial charge >= 0.3 is 0 Å². The van der Waals surface area contributed by atoms with Crippen LogP contribution in [0.1, 0.15) is 83.3 Å². The molecular formula is C43H46ClFN8O5. The summed E-state index contributed by atoms with van der Waals surface area (Å²) in [6.45, 7) is 13.8. The number of rotatable bonds is 8. The number of halogens is 2. The lowest BCUT2D eigenvalue weighted by molar-refractivity contribution is -0.136. The largest absolute Gasteiger partial charge is 0.490 e. The molecule has 4 amide bonds. The Kier molecular flexibility index (Phi) is 10.4. The number of ether oxygens (including phenoxy) is 1. The Balaban J connectivity index is 0.732. The fourth-order valence-corrected chi connectivity index (χ4v) is 9.89. The molecule has 13 nitrogen and oxygen atoms in total. The summed E-state index contributed by atoms with van der Waals surface area (Å²) < 4.78 is 21.6. The molecule has 302 valence electrons. The van der Waals surface area contributed by atoms with Crippen LogP contribution >= 0.6 is 11.6 Å². The Hall–Kier alpha value is -5.26. The van der Waals surface area contributed by atoms with Crippen molar-refractivity contribution in [2.75, 3.05) is 55.6 Å². The Morgan fingerprint density at radius 3 is 2.31 bits per heavy atom. The average Bonchev–Trinajstić information content (AvgIpc) is 3.73. The molecule has 2 aromatic carbocycles. The third-order valence-corrected chi connectivity index (χ3v) is 13.3. The topological polar surface area (TPSA) is 123 Å². The third kappa shape index (κ3) is 7.46. The van der Waals surface area contributed by atoms with Gasteiger partial charge in [-0.15, -0.1) is 0 Å². The summed E-state index contributed by atoms with van der Waals surface area (Å²) in [5, 5.41) is 2.71. The maximum atomic E-state index is 15.5. The predicted molar refractivity (Wildman–Crippen MR) is 215 cm³/mol. The number of nitrogens with zero attached hydrogens (tertiary/aromatic N) is 7. The predicted octanol–water partition coefficient (Wildman–Crippen LogP) is 5.57. The number of carbonyl (C=O) groups excluding carboxylic acids is 4. The van der Waals surface area contributed by atoms with E-state index in [0.717, 1.165) is 82.8 Å². The zero-order valence-corrected chi connectivity index (χ0v) is 33.1. The third-order valence-electron chi connectivity index (χ3n) is 13.0. The van der Waals surface area contributed by atoms with Crippen LogP contribution in [0.25, 0.3) is 4.85 Å². The molecule has 3 aromatic rings. The van der Waals surface area contributed by atoms with Gasteiger partial charge in [-0.3, -0.25) is 29.4 Å². The minimum Gasteiger partial charge on any atom is -0.490 e. The number of pyridine rings is 1. The number of anilines is 2. The lowest BCUT2D eigenvalue weighted by Crippen LogP contribution is -2.52. The number of fused-ring (bicyclic) bond motifs is 2. The number of hydrogen-bond donors (Lipinski definition) is 1. The van der Waals surface area contributed by atoms with Gasteiger partial charge in [-0.1, -0.05) is 17.7 Å². The number of nitrogens with one attached hydrogen (secondary N) is 1. The van der Waals surface area contributed by atoms with E-state index in [1.807, 2.05) is 21.9 Å². The van der Waals surface area contributed by atoms with Crippen LogP contribution in [-0.2, 0) is 22.7 Å². The van der Waals surface area contributed by atoms with Gasteiger partial charge in [0.25, 0.3) is 11.8 Å². The second kappa shape index (κ2) is 15.8. The highest BCUT2D eigenvalue weighted by atomic mass is 35.5. The number of imide groups is 1. The van der Waals surface area contributed by atoms with Crippen molar-refractivity contribution in [2.45, 2.75) is 82.6 Å². The first kappa shape index (κ1) is 38.3. The SMILES string of the molecule is [C-]#[N+]c1ccc(OC2CCC(N3Cc4nc(N5CCN(CC6CCN(c7cc8c(cc7F)CN(C7CCC(=O)NC7=O)C8=O)CC6)CC5)ccc4C3=O)CC2)cc1Cl. The van der Waals surface area contributed by atoms with E-state index in [4.69, 9.17) is 27.9 Å². The first-order valence-electron chi connectivity index (χ1n) is 20.5. The molecule has 0 radical (unpaired) electrons. The van der Waals surface area contributed by atoms with Crippen molar-refractivity contribution < 1.29 is 28.3 Å². The van der Waals surface area contributed by atoms with Crippen LogP contribution in [0.15, 0.2) is 42.5 Å². The van der Waals surface area contributed by atoms with Gasteiger partial charge in [0, 0.05) is 70.4 Å². The van der Waals surface area contributed by atoms with Crippen LogP contribution in [-0.4, -0.2) is 107 Å². The molecule has 1 aliphatic carbocycles. The Labute approximate surface area is 341 Å². The van der Waals surface area contributed by atoms with Crippen molar-refractivity contribution in [1.29, 1.82) is 0 Å². The van der Waals surface area contributed by atoms with Crippen molar-refractivity contribution in [3.8, 4) is 5.75 Å². The van der Waals surface area contributed by atoms with Crippen LogP contribution in [0, 0.1) is 18.3 Å². The van der Waals surface area contributed by atoms with Crippen LogP contribution < -0.4 is 19.9 Å². The minimum atomic E-state index is -0.725. The summed E-state index contributed by atoms with van der Waals surface area (Å²) in [6, 6.07) is 11.6. The lowest BCUT2D eigenvalue weighted by Gasteiger charge is -2.39. The minimum absolute atomic E-state index is 0.0402. The molecule has 1 N–H and O–H groups in total. The quantitative estimate of drug-likeness (QED) is 0.230. The molecule has 0 spiro atoms. The molecular weight excluding hydrogens is 763 g/mol. The monoisotopic (exact) mass is 808 g/mol. The number of amides is 4. The molecule has 4 fully saturated rings. The first-order valence-corrected chi connectivity index (χ1v) is 20.8. The zero-order chi connectivity index (χ0) is 40.1. The maximum Gasteiger partial charge on any atom is 0.256 e. The summed E-state index contributed by atoms with van der Waals surface area (Å²) in [5.74, 6) is 0.659. The van der Waals surface area contributed by atoms with E-state index >= 15 is 4.39 Å². The number of carbonyl (C=O) groups is 4. The van der Waals surface area contributed by atoms with Gasteiger partial charge < -0.3 is 24.3 Å². The number of piperidine rings is 2. The number of hydrogen-bond acceptors (Lipinski definition) is 9. The molecule has 1 saturated carbocycles. The van der Waals surface area contributed by atoms with E-state index < -0.39 is 11.9 Å². The fourth-order valence-electron chi connectivity index (χ4n) is 9.68. The van der Waals surface area contributed by atoms with E-state index in [1.165, 1.54) is 11.0 Å². The summed E-state index contributed by atoms with van der Waals surface area (Å²) in [5.41, 5.74) is 3.39. The second-order valence-electron chi connectivity index (χ2n) is 16.4. The van der Waals surface area contributed by atoms with Crippen LogP contribution in [0.4, 0.5) is 21.6 Å². The molecule has 1 unspecified atom stereocenters. The highest BCUT2D eigenvalue weighted by Gasteiger charge is 2.41. The Bertz CT molecular complexity index is 2190. The van der Waals surface area contributed by atoms with Gasteiger partial charge in [0.15, 0.2) is 0 Å².